The van der Waals surface area contributed by atoms with Crippen LogP contribution in [0.25, 0.3) is 0 Å². The lowest BCUT2D eigenvalue weighted by molar-refractivity contribution is -0.242. The van der Waals surface area contributed by atoms with Gasteiger partial charge in [0, 0.05) is 11.8 Å². The van der Waals surface area contributed by atoms with Gasteiger partial charge in [0.15, 0.2) is 0 Å². The fourth-order valence-corrected chi connectivity index (χ4v) is 5.98. The van der Waals surface area contributed by atoms with E-state index >= 15 is 0 Å². The van der Waals surface area contributed by atoms with Gasteiger partial charge in [0.2, 0.25) is 0 Å². The molecule has 2 saturated heterocycles. The third-order valence-corrected chi connectivity index (χ3v) is 7.61. The summed E-state index contributed by atoms with van der Waals surface area (Å²) >= 11 is 0. The number of aliphatic hydroxyl groups excluding tert-OH is 1. The van der Waals surface area contributed by atoms with Crippen molar-refractivity contribution < 1.29 is 19.4 Å². The molecule has 2 saturated carbocycles. The molecule has 2 aliphatic heterocycles. The predicted octanol–water partition coefficient (Wildman–Crippen LogP) is 2.67. The minimum absolute atomic E-state index is 0.0711. The van der Waals surface area contributed by atoms with Gasteiger partial charge in [-0.2, -0.15) is 0 Å². The summed E-state index contributed by atoms with van der Waals surface area (Å²) < 4.78 is 12.4. The minimum atomic E-state index is -0.542. The average molecular weight is 308 g/mol. The van der Waals surface area contributed by atoms with Gasteiger partial charge in [-0.3, -0.25) is 0 Å². The Balaban J connectivity index is 1.73. The van der Waals surface area contributed by atoms with Crippen LogP contribution in [0.15, 0.2) is 0 Å². The number of carbonyl (C=O) groups is 1. The third-order valence-electron chi connectivity index (χ3n) is 7.61. The van der Waals surface area contributed by atoms with Crippen LogP contribution in [0.1, 0.15) is 59.3 Å². The molecular formula is C18H28O4. The average Bonchev–Trinajstić information content (AvgIpc) is 3.25. The molecule has 22 heavy (non-hydrogen) atoms. The summed E-state index contributed by atoms with van der Waals surface area (Å²) in [6, 6.07) is 0. The van der Waals surface area contributed by atoms with Crippen molar-refractivity contribution in [2.24, 2.45) is 23.2 Å². The first-order chi connectivity index (χ1) is 10.3. The van der Waals surface area contributed by atoms with E-state index in [9.17, 15) is 4.79 Å². The number of aliphatic hydroxyl groups is 1. The molecule has 4 rings (SSSR count). The van der Waals surface area contributed by atoms with Crippen molar-refractivity contribution in [1.29, 1.82) is 0 Å². The van der Waals surface area contributed by atoms with Crippen LogP contribution in [0.3, 0.4) is 0 Å². The Bertz CT molecular complexity index is 501. The number of hydrogen-bond donors (Lipinski definition) is 1. The lowest BCUT2D eigenvalue weighted by Gasteiger charge is -2.54. The number of carbonyl (C=O) groups excluding carboxylic acids is 1. The summed E-state index contributed by atoms with van der Waals surface area (Å²) in [4.78, 5) is 11.7. The molecule has 0 spiro atoms. The molecule has 2 bridgehead atoms. The fourth-order valence-electron chi connectivity index (χ4n) is 5.98. The van der Waals surface area contributed by atoms with Gasteiger partial charge in [0.1, 0.15) is 18.3 Å². The molecule has 4 nitrogen and oxygen atoms in total. The van der Waals surface area contributed by atoms with Crippen molar-refractivity contribution >= 4 is 5.97 Å². The second-order valence-corrected chi connectivity index (χ2v) is 8.63. The van der Waals surface area contributed by atoms with Crippen molar-refractivity contribution in [3.05, 3.63) is 0 Å². The molecule has 4 heteroatoms. The maximum absolute atomic E-state index is 11.7. The van der Waals surface area contributed by atoms with E-state index < -0.39 is 18.2 Å². The van der Waals surface area contributed by atoms with Gasteiger partial charge in [-0.25, -0.2) is 4.79 Å². The Morgan fingerprint density at radius 2 is 2.00 bits per heavy atom. The normalized spacial score (nSPS) is 53.4. The van der Waals surface area contributed by atoms with Crippen LogP contribution in [0.5, 0.6) is 0 Å². The third kappa shape index (κ3) is 1.74. The van der Waals surface area contributed by atoms with Gasteiger partial charge in [0.05, 0.1) is 5.60 Å². The van der Waals surface area contributed by atoms with E-state index in [2.05, 4.69) is 20.8 Å². The molecular weight excluding hydrogens is 280 g/mol. The van der Waals surface area contributed by atoms with E-state index in [1.165, 1.54) is 19.3 Å². The fraction of sp³-hybridized carbons (Fsp3) is 0.944. The van der Waals surface area contributed by atoms with Crippen molar-refractivity contribution in [2.75, 3.05) is 6.61 Å². The van der Waals surface area contributed by atoms with Gasteiger partial charge in [0.25, 0.3) is 0 Å². The first-order valence-electron chi connectivity index (χ1n) is 8.85. The molecule has 0 aromatic rings. The highest BCUT2D eigenvalue weighted by Crippen LogP contribution is 2.70. The molecule has 4 fully saturated rings. The van der Waals surface area contributed by atoms with Crippen LogP contribution in [-0.2, 0) is 14.3 Å². The van der Waals surface area contributed by atoms with E-state index in [4.69, 9.17) is 14.6 Å². The van der Waals surface area contributed by atoms with Gasteiger partial charge in [-0.15, -0.1) is 0 Å². The van der Waals surface area contributed by atoms with Crippen LogP contribution in [-0.4, -0.2) is 35.0 Å². The summed E-state index contributed by atoms with van der Waals surface area (Å²) in [6.07, 6.45) is 6.60. The van der Waals surface area contributed by atoms with Crippen molar-refractivity contribution in [1.82, 2.24) is 0 Å². The Kier molecular flexibility index (Phi) is 3.04. The lowest BCUT2D eigenvalue weighted by atomic mass is 9.62. The van der Waals surface area contributed by atoms with E-state index in [0.29, 0.717) is 11.8 Å². The highest BCUT2D eigenvalue weighted by atomic mass is 16.6. The molecule has 2 heterocycles. The molecule has 2 aliphatic carbocycles. The second kappa shape index (κ2) is 4.47. The molecule has 0 amide bonds. The van der Waals surface area contributed by atoms with Crippen LogP contribution < -0.4 is 0 Å². The van der Waals surface area contributed by atoms with E-state index in [1.54, 1.807) is 0 Å². The van der Waals surface area contributed by atoms with Gasteiger partial charge in [-0.1, -0.05) is 13.8 Å². The summed E-state index contributed by atoms with van der Waals surface area (Å²) in [6.45, 7) is 6.33. The SMILES string of the molecule is C[C@@H]1CC[C@]2(C)C1C[C@]1(C3CC3)C[C@@H](OC(=O)CO)[C@@]2(C)O1. The first-order valence-corrected chi connectivity index (χ1v) is 8.85. The van der Waals surface area contributed by atoms with Crippen LogP contribution in [0.2, 0.25) is 0 Å². The molecule has 1 unspecified atom stereocenters. The van der Waals surface area contributed by atoms with Crippen molar-refractivity contribution in [3.8, 4) is 0 Å². The zero-order valence-electron chi connectivity index (χ0n) is 13.9. The smallest absolute Gasteiger partial charge is 0.332 e. The quantitative estimate of drug-likeness (QED) is 0.814. The van der Waals surface area contributed by atoms with Crippen molar-refractivity contribution in [2.45, 2.75) is 76.6 Å². The zero-order chi connectivity index (χ0) is 15.8. The molecule has 1 N–H and O–H groups in total. The lowest BCUT2D eigenvalue weighted by Crippen LogP contribution is -2.59. The number of ether oxygens (including phenoxy) is 2. The Morgan fingerprint density at radius 1 is 1.27 bits per heavy atom. The second-order valence-electron chi connectivity index (χ2n) is 8.63. The monoisotopic (exact) mass is 308 g/mol. The summed E-state index contributed by atoms with van der Waals surface area (Å²) in [7, 11) is 0. The minimum Gasteiger partial charge on any atom is -0.457 e. The summed E-state index contributed by atoms with van der Waals surface area (Å²) in [5, 5.41) is 9.08. The van der Waals surface area contributed by atoms with Crippen LogP contribution >= 0.6 is 0 Å². The Labute approximate surface area is 132 Å². The summed E-state index contributed by atoms with van der Waals surface area (Å²) in [5.41, 5.74) is -0.423. The van der Waals surface area contributed by atoms with Gasteiger partial charge < -0.3 is 14.6 Å². The van der Waals surface area contributed by atoms with E-state index in [-0.39, 0.29) is 17.1 Å². The standard InChI is InChI=1S/C18H28O4/c1-11-6-7-16(2)13(11)8-18(12-4-5-12)9-14(17(16,3)22-18)21-15(20)10-19/h11-14,19H,4-10H2,1-3H3/t11-,13?,14-,16-,17-,18-/m1/s1. The molecule has 0 aromatic heterocycles. The highest BCUT2D eigenvalue weighted by molar-refractivity contribution is 5.70. The number of fused-ring (bicyclic) bond motifs is 4. The molecule has 0 aromatic carbocycles. The summed E-state index contributed by atoms with van der Waals surface area (Å²) in [5.74, 6) is 1.50. The highest BCUT2D eigenvalue weighted by Gasteiger charge is 2.73. The van der Waals surface area contributed by atoms with Crippen LogP contribution in [0.4, 0.5) is 0 Å². The molecule has 4 aliphatic rings. The van der Waals surface area contributed by atoms with Gasteiger partial charge >= 0.3 is 5.97 Å². The first kappa shape index (κ1) is 14.9. The topological polar surface area (TPSA) is 55.8 Å². The number of hydrogen-bond acceptors (Lipinski definition) is 4. The molecule has 124 valence electrons. The molecule has 0 radical (unpaired) electrons. The van der Waals surface area contributed by atoms with E-state index in [1.807, 2.05) is 0 Å². The Hall–Kier alpha value is -0.610. The maximum Gasteiger partial charge on any atom is 0.332 e. The maximum atomic E-state index is 11.7. The van der Waals surface area contributed by atoms with E-state index in [0.717, 1.165) is 25.2 Å². The molecule has 6 atom stereocenters. The Morgan fingerprint density at radius 3 is 2.64 bits per heavy atom. The zero-order valence-corrected chi connectivity index (χ0v) is 13.9. The van der Waals surface area contributed by atoms with Gasteiger partial charge in [-0.05, 0) is 56.8 Å². The number of esters is 1. The van der Waals surface area contributed by atoms with Crippen molar-refractivity contribution in [3.63, 3.8) is 0 Å². The number of rotatable bonds is 3. The van der Waals surface area contributed by atoms with Crippen LogP contribution in [0, 0.1) is 23.2 Å². The predicted molar refractivity (Wildman–Crippen MR) is 81.1 cm³/mol. The largest absolute Gasteiger partial charge is 0.457 e.